The summed E-state index contributed by atoms with van der Waals surface area (Å²) >= 11 is 0. The molecule has 226 valence electrons. The lowest BCUT2D eigenvalue weighted by molar-refractivity contribution is 0.00615. The molecule has 0 aliphatic rings. The molecule has 0 fully saturated rings. The Morgan fingerprint density at radius 2 is 1.51 bits per heavy atom. The second kappa shape index (κ2) is 15.0. The highest BCUT2D eigenvalue weighted by Gasteiger charge is 2.37. The van der Waals surface area contributed by atoms with Crippen LogP contribution in [-0.2, 0) is 17.6 Å². The Balaban J connectivity index is 2.18. The number of nitrogens with zero attached hydrogens (tertiary/aromatic N) is 1. The van der Waals surface area contributed by atoms with Gasteiger partial charge in [-0.25, -0.2) is 9.59 Å². The summed E-state index contributed by atoms with van der Waals surface area (Å²) in [5.74, 6) is 0. The Morgan fingerprint density at radius 1 is 0.927 bits per heavy atom. The zero-order chi connectivity index (χ0) is 30.8. The second-order valence-electron chi connectivity index (χ2n) is 12.2. The summed E-state index contributed by atoms with van der Waals surface area (Å²) < 4.78 is 5.42. The predicted molar refractivity (Wildman–Crippen MR) is 162 cm³/mol. The lowest BCUT2D eigenvalue weighted by Crippen LogP contribution is -2.58. The molecule has 2 aromatic carbocycles. The van der Waals surface area contributed by atoms with Crippen molar-refractivity contribution in [1.29, 1.82) is 0 Å². The van der Waals surface area contributed by atoms with E-state index in [0.717, 1.165) is 16.7 Å². The fourth-order valence-corrected chi connectivity index (χ4v) is 4.74. The third-order valence-corrected chi connectivity index (χ3v) is 6.58. The first-order chi connectivity index (χ1) is 19.1. The standard InChI is InChI=1S/C32H47N3O6/c1-8-23-16-12-13-17-24(23)19-25(34-29(38)41-32(5,6)7)27(36)20-33-21-28(37)26(18-22-14-10-9-11-15-22)35(30(39)40)31(2,3)4/h8-17,25-28,33,36-37H,1,18-21H2,2-7H3,(H,34,38)(H,39,40)/t25-,26-,27+,28+/m0/s1. The maximum absolute atomic E-state index is 12.6. The Kier molecular flexibility index (Phi) is 12.4. The van der Waals surface area contributed by atoms with Crippen LogP contribution in [0.3, 0.4) is 0 Å². The van der Waals surface area contributed by atoms with E-state index in [1.54, 1.807) is 47.6 Å². The van der Waals surface area contributed by atoms with Gasteiger partial charge in [0.2, 0.25) is 0 Å². The average Bonchev–Trinajstić information content (AvgIpc) is 2.86. The number of carbonyl (C=O) groups excluding carboxylic acids is 1. The zero-order valence-electron chi connectivity index (χ0n) is 25.1. The first-order valence-electron chi connectivity index (χ1n) is 13.9. The molecule has 0 aromatic heterocycles. The summed E-state index contributed by atoms with van der Waals surface area (Å²) in [6.07, 6.45) is -1.54. The third-order valence-electron chi connectivity index (χ3n) is 6.58. The molecule has 0 bridgehead atoms. The number of aliphatic hydroxyl groups excluding tert-OH is 2. The second-order valence-corrected chi connectivity index (χ2v) is 12.2. The minimum atomic E-state index is -1.12. The normalized spacial score (nSPS) is 14.8. The van der Waals surface area contributed by atoms with Gasteiger partial charge < -0.3 is 30.7 Å². The maximum atomic E-state index is 12.6. The van der Waals surface area contributed by atoms with Crippen LogP contribution in [0.2, 0.25) is 0 Å². The maximum Gasteiger partial charge on any atom is 0.408 e. The SMILES string of the molecule is C=Cc1ccccc1C[C@H](NC(=O)OC(C)(C)C)[C@H](O)CNC[C@@H](O)[C@H](Cc1ccccc1)N(C(=O)O)C(C)(C)C. The Morgan fingerprint density at radius 3 is 2.07 bits per heavy atom. The molecule has 2 aromatic rings. The molecule has 0 saturated carbocycles. The van der Waals surface area contributed by atoms with Crippen molar-refractivity contribution in [3.05, 3.63) is 77.9 Å². The molecule has 9 nitrogen and oxygen atoms in total. The van der Waals surface area contributed by atoms with Gasteiger partial charge in [0.05, 0.1) is 24.3 Å². The van der Waals surface area contributed by atoms with Crippen LogP contribution in [0.5, 0.6) is 0 Å². The molecular formula is C32H47N3O6. The third kappa shape index (κ3) is 11.2. The van der Waals surface area contributed by atoms with E-state index in [0.29, 0.717) is 12.8 Å². The predicted octanol–water partition coefficient (Wildman–Crippen LogP) is 4.47. The number of carboxylic acid groups (broad SMARTS) is 1. The Labute approximate surface area is 244 Å². The van der Waals surface area contributed by atoms with Gasteiger partial charge in [-0.3, -0.25) is 4.90 Å². The number of carbonyl (C=O) groups is 2. The van der Waals surface area contributed by atoms with E-state index in [9.17, 15) is 24.9 Å². The van der Waals surface area contributed by atoms with E-state index in [4.69, 9.17) is 4.74 Å². The molecule has 41 heavy (non-hydrogen) atoms. The molecule has 2 rings (SSSR count). The number of ether oxygens (including phenoxy) is 1. The minimum Gasteiger partial charge on any atom is -0.465 e. The molecule has 0 aliphatic carbocycles. The molecule has 0 heterocycles. The lowest BCUT2D eigenvalue weighted by atomic mass is 9.94. The summed E-state index contributed by atoms with van der Waals surface area (Å²) in [5.41, 5.74) is 1.21. The largest absolute Gasteiger partial charge is 0.465 e. The number of aliphatic hydroxyl groups is 2. The lowest BCUT2D eigenvalue weighted by Gasteiger charge is -2.42. The van der Waals surface area contributed by atoms with Crippen LogP contribution in [0.15, 0.2) is 61.2 Å². The minimum absolute atomic E-state index is 0.0246. The number of hydrogen-bond donors (Lipinski definition) is 5. The van der Waals surface area contributed by atoms with Crippen LogP contribution in [0.4, 0.5) is 9.59 Å². The topological polar surface area (TPSA) is 131 Å². The quantitative estimate of drug-likeness (QED) is 0.241. The van der Waals surface area contributed by atoms with Gasteiger partial charge in [-0.15, -0.1) is 0 Å². The molecule has 0 spiro atoms. The van der Waals surface area contributed by atoms with E-state index in [1.165, 1.54) is 4.90 Å². The van der Waals surface area contributed by atoms with Crippen LogP contribution < -0.4 is 10.6 Å². The average molecular weight is 570 g/mol. The van der Waals surface area contributed by atoms with Crippen molar-refractivity contribution in [2.24, 2.45) is 0 Å². The van der Waals surface area contributed by atoms with Crippen LogP contribution in [0.25, 0.3) is 6.08 Å². The summed E-state index contributed by atoms with van der Waals surface area (Å²) in [6.45, 7) is 14.6. The molecule has 4 atom stereocenters. The first kappa shape index (κ1) is 33.8. The van der Waals surface area contributed by atoms with Crippen LogP contribution in [-0.4, -0.2) is 80.9 Å². The van der Waals surface area contributed by atoms with E-state index in [-0.39, 0.29) is 13.1 Å². The van der Waals surface area contributed by atoms with Crippen molar-refractivity contribution >= 4 is 18.3 Å². The van der Waals surface area contributed by atoms with Gasteiger partial charge in [-0.05, 0) is 71.1 Å². The fraction of sp³-hybridized carbons (Fsp3) is 0.500. The highest BCUT2D eigenvalue weighted by atomic mass is 16.6. The van der Waals surface area contributed by atoms with E-state index in [1.807, 2.05) is 54.6 Å². The monoisotopic (exact) mass is 569 g/mol. The van der Waals surface area contributed by atoms with Crippen LogP contribution in [0, 0.1) is 0 Å². The number of alkyl carbamates (subject to hydrolysis) is 1. The Bertz CT molecular complexity index is 1130. The van der Waals surface area contributed by atoms with Crippen LogP contribution in [0.1, 0.15) is 58.2 Å². The smallest absolute Gasteiger partial charge is 0.408 e. The molecule has 0 unspecified atom stereocenters. The first-order valence-corrected chi connectivity index (χ1v) is 13.9. The molecule has 9 heteroatoms. The van der Waals surface area contributed by atoms with Crippen LogP contribution >= 0.6 is 0 Å². The Hall–Kier alpha value is -3.40. The van der Waals surface area contributed by atoms with Gasteiger partial charge in [0, 0.05) is 18.6 Å². The van der Waals surface area contributed by atoms with Gasteiger partial charge in [-0.1, -0.05) is 67.3 Å². The van der Waals surface area contributed by atoms with Crippen molar-refractivity contribution in [2.75, 3.05) is 13.1 Å². The van der Waals surface area contributed by atoms with E-state index < -0.39 is 47.6 Å². The van der Waals surface area contributed by atoms with E-state index >= 15 is 0 Å². The van der Waals surface area contributed by atoms with E-state index in [2.05, 4.69) is 17.2 Å². The molecule has 0 radical (unpaired) electrons. The molecule has 5 N–H and O–H groups in total. The van der Waals surface area contributed by atoms with Gasteiger partial charge >= 0.3 is 12.2 Å². The summed E-state index contributed by atoms with van der Waals surface area (Å²) in [6, 6.07) is 15.6. The fourth-order valence-electron chi connectivity index (χ4n) is 4.74. The highest BCUT2D eigenvalue weighted by molar-refractivity contribution is 5.68. The number of nitrogens with one attached hydrogen (secondary N) is 2. The number of hydrogen-bond acceptors (Lipinski definition) is 6. The summed E-state index contributed by atoms with van der Waals surface area (Å²) in [7, 11) is 0. The molecular weight excluding hydrogens is 522 g/mol. The van der Waals surface area contributed by atoms with Gasteiger partial charge in [0.25, 0.3) is 0 Å². The molecule has 2 amide bonds. The number of amides is 2. The number of benzene rings is 2. The summed E-state index contributed by atoms with van der Waals surface area (Å²) in [4.78, 5) is 26.2. The molecule has 0 aliphatic heterocycles. The van der Waals surface area contributed by atoms with Gasteiger partial charge in [0.15, 0.2) is 0 Å². The summed E-state index contributed by atoms with van der Waals surface area (Å²) in [5, 5.41) is 38.3. The van der Waals surface area contributed by atoms with Crippen molar-refractivity contribution in [3.8, 4) is 0 Å². The number of rotatable bonds is 13. The van der Waals surface area contributed by atoms with Crippen molar-refractivity contribution < 1.29 is 29.6 Å². The van der Waals surface area contributed by atoms with Gasteiger partial charge in [0.1, 0.15) is 5.60 Å². The molecule has 0 saturated heterocycles. The zero-order valence-corrected chi connectivity index (χ0v) is 25.1. The van der Waals surface area contributed by atoms with Crippen molar-refractivity contribution in [1.82, 2.24) is 15.5 Å². The van der Waals surface area contributed by atoms with Gasteiger partial charge in [-0.2, -0.15) is 0 Å². The highest BCUT2D eigenvalue weighted by Crippen LogP contribution is 2.23. The van der Waals surface area contributed by atoms with Crippen molar-refractivity contribution in [2.45, 2.75) is 89.8 Å². The van der Waals surface area contributed by atoms with Crippen molar-refractivity contribution in [3.63, 3.8) is 0 Å².